The fourth-order valence-corrected chi connectivity index (χ4v) is 1.72. The summed E-state index contributed by atoms with van der Waals surface area (Å²) in [5, 5.41) is 7.32. The first kappa shape index (κ1) is 15.0. The third-order valence-electron chi connectivity index (χ3n) is 2.75. The van der Waals surface area contributed by atoms with Crippen molar-refractivity contribution in [1.29, 1.82) is 0 Å². The third kappa shape index (κ3) is 4.89. The van der Waals surface area contributed by atoms with Gasteiger partial charge in [0.2, 0.25) is 0 Å². The van der Waals surface area contributed by atoms with Crippen molar-refractivity contribution >= 4 is 23.5 Å². The van der Waals surface area contributed by atoms with Crippen LogP contribution in [0.3, 0.4) is 0 Å². The van der Waals surface area contributed by atoms with Crippen LogP contribution < -0.4 is 15.5 Å². The summed E-state index contributed by atoms with van der Waals surface area (Å²) in [6.45, 7) is 0.522. The van der Waals surface area contributed by atoms with Gasteiger partial charge in [-0.25, -0.2) is 0 Å². The number of para-hydroxylation sites is 1. The molecule has 0 aliphatic heterocycles. The number of hydrogen-bond acceptors (Lipinski definition) is 3. The summed E-state index contributed by atoms with van der Waals surface area (Å²) in [6, 6.07) is 17.8. The smallest absolute Gasteiger partial charge is 0.186 e. The maximum atomic E-state index is 5.84. The van der Waals surface area contributed by atoms with Crippen molar-refractivity contribution in [3.63, 3.8) is 0 Å². The van der Waals surface area contributed by atoms with Crippen molar-refractivity contribution in [3.05, 3.63) is 65.7 Å². The first-order valence-electron chi connectivity index (χ1n) is 6.56. The standard InChI is InChI=1S/C16H17N3OS/c1-17-16(21)19-18-11-14-9-5-6-10-15(14)20-12-13-7-3-2-4-8-13/h2-11H,12H2,1H3,(H2,17,19,21)/b18-11+. The highest BCUT2D eigenvalue weighted by Crippen LogP contribution is 2.17. The topological polar surface area (TPSA) is 45.7 Å². The van der Waals surface area contributed by atoms with Crippen molar-refractivity contribution < 1.29 is 4.74 Å². The molecule has 0 heterocycles. The molecule has 108 valence electrons. The number of thiocarbonyl (C=S) groups is 1. The normalized spacial score (nSPS) is 10.3. The lowest BCUT2D eigenvalue weighted by atomic mass is 10.2. The van der Waals surface area contributed by atoms with Gasteiger partial charge >= 0.3 is 0 Å². The molecule has 0 bridgehead atoms. The molecule has 0 radical (unpaired) electrons. The Hall–Kier alpha value is -2.40. The van der Waals surface area contributed by atoms with E-state index in [1.807, 2.05) is 54.6 Å². The van der Waals surface area contributed by atoms with E-state index in [0.29, 0.717) is 11.7 Å². The maximum absolute atomic E-state index is 5.84. The fraction of sp³-hybridized carbons (Fsp3) is 0.125. The number of rotatable bonds is 5. The van der Waals surface area contributed by atoms with Gasteiger partial charge in [-0.3, -0.25) is 5.43 Å². The van der Waals surface area contributed by atoms with Crippen molar-refractivity contribution in [1.82, 2.24) is 10.7 Å². The molecule has 5 heteroatoms. The van der Waals surface area contributed by atoms with E-state index in [-0.39, 0.29) is 0 Å². The number of benzene rings is 2. The molecular weight excluding hydrogens is 282 g/mol. The van der Waals surface area contributed by atoms with Gasteiger partial charge in [0.05, 0.1) is 6.21 Å². The molecule has 4 nitrogen and oxygen atoms in total. The first-order valence-corrected chi connectivity index (χ1v) is 6.97. The highest BCUT2D eigenvalue weighted by molar-refractivity contribution is 7.80. The summed E-state index contributed by atoms with van der Waals surface area (Å²) in [5.74, 6) is 0.780. The molecule has 0 saturated heterocycles. The van der Waals surface area contributed by atoms with Crippen molar-refractivity contribution in [2.75, 3.05) is 7.05 Å². The van der Waals surface area contributed by atoms with Gasteiger partial charge in [-0.2, -0.15) is 5.10 Å². The second-order valence-electron chi connectivity index (χ2n) is 4.26. The Morgan fingerprint density at radius 1 is 1.14 bits per heavy atom. The molecule has 0 aliphatic carbocycles. The Labute approximate surface area is 129 Å². The second kappa shape index (κ2) is 8.01. The maximum Gasteiger partial charge on any atom is 0.186 e. The van der Waals surface area contributed by atoms with E-state index in [9.17, 15) is 0 Å². The zero-order chi connectivity index (χ0) is 14.9. The van der Waals surface area contributed by atoms with Crippen LogP contribution in [0, 0.1) is 0 Å². The van der Waals surface area contributed by atoms with Gasteiger partial charge in [-0.15, -0.1) is 0 Å². The van der Waals surface area contributed by atoms with Crippen LogP contribution in [0.2, 0.25) is 0 Å². The highest BCUT2D eigenvalue weighted by atomic mass is 32.1. The van der Waals surface area contributed by atoms with Crippen LogP contribution in [-0.4, -0.2) is 18.4 Å². The SMILES string of the molecule is CNC(=S)N/N=C/c1ccccc1OCc1ccccc1. The molecule has 2 N–H and O–H groups in total. The molecule has 0 spiro atoms. The molecule has 0 atom stereocenters. The number of hydrazone groups is 1. The number of nitrogens with zero attached hydrogens (tertiary/aromatic N) is 1. The zero-order valence-corrected chi connectivity index (χ0v) is 12.6. The van der Waals surface area contributed by atoms with Gasteiger partial charge in [-0.05, 0) is 29.9 Å². The average Bonchev–Trinajstić information content (AvgIpc) is 2.54. The van der Waals surface area contributed by atoms with Gasteiger partial charge in [-0.1, -0.05) is 42.5 Å². The largest absolute Gasteiger partial charge is 0.488 e. The minimum Gasteiger partial charge on any atom is -0.488 e. The summed E-state index contributed by atoms with van der Waals surface area (Å²) in [4.78, 5) is 0. The van der Waals surface area contributed by atoms with E-state index in [2.05, 4.69) is 15.8 Å². The van der Waals surface area contributed by atoms with Crippen LogP contribution in [0.15, 0.2) is 59.7 Å². The van der Waals surface area contributed by atoms with E-state index < -0.39 is 0 Å². The fourth-order valence-electron chi connectivity index (χ4n) is 1.67. The van der Waals surface area contributed by atoms with E-state index in [1.54, 1.807) is 13.3 Å². The Morgan fingerprint density at radius 2 is 1.86 bits per heavy atom. The number of nitrogens with one attached hydrogen (secondary N) is 2. The third-order valence-corrected chi connectivity index (χ3v) is 3.05. The highest BCUT2D eigenvalue weighted by Gasteiger charge is 2.01. The summed E-state index contributed by atoms with van der Waals surface area (Å²) in [5.41, 5.74) is 4.73. The summed E-state index contributed by atoms with van der Waals surface area (Å²) < 4.78 is 5.84. The van der Waals surface area contributed by atoms with Crippen LogP contribution in [0.4, 0.5) is 0 Å². The lowest BCUT2D eigenvalue weighted by molar-refractivity contribution is 0.306. The van der Waals surface area contributed by atoms with Crippen LogP contribution in [-0.2, 0) is 6.61 Å². The average molecular weight is 299 g/mol. The molecule has 0 aliphatic rings. The molecule has 21 heavy (non-hydrogen) atoms. The van der Waals surface area contributed by atoms with Crippen LogP contribution >= 0.6 is 12.2 Å². The monoisotopic (exact) mass is 299 g/mol. The minimum atomic E-state index is 0.467. The lowest BCUT2D eigenvalue weighted by Crippen LogP contribution is -2.28. The van der Waals surface area contributed by atoms with Crippen LogP contribution in [0.1, 0.15) is 11.1 Å². The van der Waals surface area contributed by atoms with Gasteiger partial charge in [0.1, 0.15) is 12.4 Å². The summed E-state index contributed by atoms with van der Waals surface area (Å²) >= 11 is 4.95. The van der Waals surface area contributed by atoms with Crippen molar-refractivity contribution in [2.24, 2.45) is 5.10 Å². The number of hydrogen-bond donors (Lipinski definition) is 2. The molecule has 0 fully saturated rings. The predicted molar refractivity (Wildman–Crippen MR) is 89.6 cm³/mol. The molecule has 0 saturated carbocycles. The van der Waals surface area contributed by atoms with Crippen molar-refractivity contribution in [2.45, 2.75) is 6.61 Å². The quantitative estimate of drug-likeness (QED) is 0.506. The molecule has 2 aromatic rings. The Bertz CT molecular complexity index is 614. The predicted octanol–water partition coefficient (Wildman–Crippen LogP) is 2.69. The lowest BCUT2D eigenvalue weighted by Gasteiger charge is -2.09. The van der Waals surface area contributed by atoms with Crippen molar-refractivity contribution in [3.8, 4) is 5.75 Å². The minimum absolute atomic E-state index is 0.467. The zero-order valence-electron chi connectivity index (χ0n) is 11.7. The van der Waals surface area contributed by atoms with Gasteiger partial charge in [0, 0.05) is 12.6 Å². The van der Waals surface area contributed by atoms with Gasteiger partial charge in [0.25, 0.3) is 0 Å². The molecule has 0 amide bonds. The first-order chi connectivity index (χ1) is 10.3. The Morgan fingerprint density at radius 3 is 2.62 bits per heavy atom. The summed E-state index contributed by atoms with van der Waals surface area (Å²) in [6.07, 6.45) is 1.68. The number of ether oxygens (including phenoxy) is 1. The van der Waals surface area contributed by atoms with Crippen LogP contribution in [0.25, 0.3) is 0 Å². The molecule has 0 aromatic heterocycles. The Balaban J connectivity index is 2.01. The molecular formula is C16H17N3OS. The molecule has 2 aromatic carbocycles. The van der Waals surface area contributed by atoms with E-state index in [0.717, 1.165) is 16.9 Å². The van der Waals surface area contributed by atoms with Crippen LogP contribution in [0.5, 0.6) is 5.75 Å². The van der Waals surface area contributed by atoms with Gasteiger partial charge in [0.15, 0.2) is 5.11 Å². The summed E-state index contributed by atoms with van der Waals surface area (Å²) in [7, 11) is 1.74. The van der Waals surface area contributed by atoms with Gasteiger partial charge < -0.3 is 10.1 Å². The molecule has 2 rings (SSSR count). The van der Waals surface area contributed by atoms with E-state index in [1.165, 1.54) is 0 Å². The molecule has 0 unspecified atom stereocenters. The Kier molecular flexibility index (Phi) is 5.72. The second-order valence-corrected chi connectivity index (χ2v) is 4.67. The van der Waals surface area contributed by atoms with E-state index in [4.69, 9.17) is 17.0 Å². The van der Waals surface area contributed by atoms with E-state index >= 15 is 0 Å².